The number of halogens is 1. The summed E-state index contributed by atoms with van der Waals surface area (Å²) in [4.78, 5) is 0. The number of hydrogen-bond acceptors (Lipinski definition) is 2. The Morgan fingerprint density at radius 1 is 1.21 bits per heavy atom. The van der Waals surface area contributed by atoms with E-state index in [2.05, 4.69) is 22.9 Å². The molecule has 0 heterocycles. The van der Waals surface area contributed by atoms with Gasteiger partial charge in [-0.2, -0.15) is 0 Å². The SMILES string of the molecule is CCCCC1CCC(CBr)(CCS(=O)(=O)CC)CC1. The molecule has 1 rings (SSSR count). The molecule has 1 aliphatic rings. The Labute approximate surface area is 127 Å². The molecular weight excluding hydrogens is 324 g/mol. The van der Waals surface area contributed by atoms with Crippen molar-refractivity contribution in [1.29, 1.82) is 0 Å². The Morgan fingerprint density at radius 2 is 1.84 bits per heavy atom. The molecule has 19 heavy (non-hydrogen) atoms. The van der Waals surface area contributed by atoms with Crippen molar-refractivity contribution >= 4 is 25.8 Å². The van der Waals surface area contributed by atoms with Crippen LogP contribution in [0, 0.1) is 11.3 Å². The zero-order chi connectivity index (χ0) is 14.4. The number of unbranched alkanes of at least 4 members (excludes halogenated alkanes) is 1. The van der Waals surface area contributed by atoms with Crippen LogP contribution in [0.5, 0.6) is 0 Å². The molecule has 1 fully saturated rings. The minimum absolute atomic E-state index is 0.241. The average molecular weight is 353 g/mol. The first-order valence-electron chi connectivity index (χ1n) is 7.73. The fourth-order valence-corrected chi connectivity index (χ4v) is 4.91. The lowest BCUT2D eigenvalue weighted by Gasteiger charge is -2.39. The second-order valence-electron chi connectivity index (χ2n) is 6.21. The van der Waals surface area contributed by atoms with E-state index in [1.807, 2.05) is 0 Å². The van der Waals surface area contributed by atoms with E-state index in [-0.39, 0.29) is 11.2 Å². The molecular formula is C15H29BrO2S. The molecule has 0 atom stereocenters. The molecule has 0 bridgehead atoms. The maximum atomic E-state index is 11.7. The first kappa shape index (κ1) is 17.5. The van der Waals surface area contributed by atoms with Crippen LogP contribution in [-0.4, -0.2) is 25.3 Å². The van der Waals surface area contributed by atoms with Crippen LogP contribution in [0.2, 0.25) is 0 Å². The van der Waals surface area contributed by atoms with Gasteiger partial charge in [-0.15, -0.1) is 0 Å². The lowest BCUT2D eigenvalue weighted by Crippen LogP contribution is -2.31. The molecule has 0 spiro atoms. The van der Waals surface area contributed by atoms with Crippen LogP contribution < -0.4 is 0 Å². The molecule has 114 valence electrons. The van der Waals surface area contributed by atoms with Crippen LogP contribution in [0.4, 0.5) is 0 Å². The van der Waals surface area contributed by atoms with E-state index in [0.717, 1.165) is 17.7 Å². The summed E-state index contributed by atoms with van der Waals surface area (Å²) in [7, 11) is -2.82. The van der Waals surface area contributed by atoms with Gasteiger partial charge in [0.15, 0.2) is 0 Å². The second-order valence-corrected chi connectivity index (χ2v) is 9.24. The van der Waals surface area contributed by atoms with Crippen molar-refractivity contribution in [3.63, 3.8) is 0 Å². The summed E-state index contributed by atoms with van der Waals surface area (Å²) in [6.45, 7) is 4.00. The fourth-order valence-electron chi connectivity index (χ4n) is 3.04. The van der Waals surface area contributed by atoms with Gasteiger partial charge in [0.2, 0.25) is 0 Å². The topological polar surface area (TPSA) is 34.1 Å². The van der Waals surface area contributed by atoms with Crippen molar-refractivity contribution < 1.29 is 8.42 Å². The van der Waals surface area contributed by atoms with Crippen LogP contribution in [-0.2, 0) is 9.84 Å². The Hall–Kier alpha value is 0.430. The van der Waals surface area contributed by atoms with Gasteiger partial charge in [-0.1, -0.05) is 49.0 Å². The number of sulfone groups is 1. The van der Waals surface area contributed by atoms with Crippen LogP contribution >= 0.6 is 15.9 Å². The molecule has 0 N–H and O–H groups in total. The molecule has 0 unspecified atom stereocenters. The van der Waals surface area contributed by atoms with Crippen molar-refractivity contribution in [2.75, 3.05) is 16.8 Å². The third-order valence-electron chi connectivity index (χ3n) is 4.80. The Morgan fingerprint density at radius 3 is 2.32 bits per heavy atom. The summed E-state index contributed by atoms with van der Waals surface area (Å²) < 4.78 is 23.4. The molecule has 2 nitrogen and oxygen atoms in total. The predicted molar refractivity (Wildman–Crippen MR) is 86.7 cm³/mol. The van der Waals surface area contributed by atoms with Gasteiger partial charge in [0.25, 0.3) is 0 Å². The molecule has 4 heteroatoms. The molecule has 1 aliphatic carbocycles. The number of rotatable bonds is 8. The standard InChI is InChI=1S/C15H29BrO2S/c1-3-5-6-14-7-9-15(13-16,10-8-14)11-12-19(17,18)4-2/h14H,3-13H2,1-2H3. The zero-order valence-electron chi connectivity index (χ0n) is 12.5. The Kier molecular flexibility index (Phi) is 7.37. The maximum absolute atomic E-state index is 11.7. The predicted octanol–water partition coefficient (Wildman–Crippen LogP) is 4.57. The van der Waals surface area contributed by atoms with E-state index in [9.17, 15) is 8.42 Å². The van der Waals surface area contributed by atoms with Gasteiger partial charge < -0.3 is 0 Å². The fraction of sp³-hybridized carbons (Fsp3) is 1.00. The molecule has 0 aliphatic heterocycles. The van der Waals surface area contributed by atoms with E-state index in [1.54, 1.807) is 6.92 Å². The van der Waals surface area contributed by atoms with E-state index < -0.39 is 9.84 Å². The van der Waals surface area contributed by atoms with E-state index in [4.69, 9.17) is 0 Å². The maximum Gasteiger partial charge on any atom is 0.150 e. The van der Waals surface area contributed by atoms with Gasteiger partial charge in [-0.05, 0) is 43.4 Å². The molecule has 0 aromatic heterocycles. The highest BCUT2D eigenvalue weighted by atomic mass is 79.9. The van der Waals surface area contributed by atoms with E-state index >= 15 is 0 Å². The van der Waals surface area contributed by atoms with Gasteiger partial charge in [0.05, 0.1) is 5.75 Å². The number of alkyl halides is 1. The largest absolute Gasteiger partial charge is 0.229 e. The van der Waals surface area contributed by atoms with Crippen molar-refractivity contribution in [3.8, 4) is 0 Å². The van der Waals surface area contributed by atoms with Gasteiger partial charge >= 0.3 is 0 Å². The van der Waals surface area contributed by atoms with E-state index in [0.29, 0.717) is 5.75 Å². The quantitative estimate of drug-likeness (QED) is 0.599. The zero-order valence-corrected chi connectivity index (χ0v) is 14.9. The summed E-state index contributed by atoms with van der Waals surface area (Å²) in [5, 5.41) is 0.958. The summed E-state index contributed by atoms with van der Waals surface area (Å²) in [6.07, 6.45) is 9.81. The third-order valence-corrected chi connectivity index (χ3v) is 7.69. The van der Waals surface area contributed by atoms with Gasteiger partial charge in [-0.25, -0.2) is 8.42 Å². The van der Waals surface area contributed by atoms with Crippen molar-refractivity contribution in [3.05, 3.63) is 0 Å². The summed E-state index contributed by atoms with van der Waals surface area (Å²) in [5.74, 6) is 1.54. The summed E-state index contributed by atoms with van der Waals surface area (Å²) >= 11 is 3.64. The minimum atomic E-state index is -2.82. The third kappa shape index (κ3) is 5.74. The highest BCUT2D eigenvalue weighted by molar-refractivity contribution is 9.09. The molecule has 0 aromatic rings. The number of hydrogen-bond donors (Lipinski definition) is 0. The highest BCUT2D eigenvalue weighted by Gasteiger charge is 2.34. The smallest absolute Gasteiger partial charge is 0.150 e. The first-order chi connectivity index (χ1) is 8.97. The van der Waals surface area contributed by atoms with Crippen molar-refractivity contribution in [1.82, 2.24) is 0 Å². The summed E-state index contributed by atoms with van der Waals surface area (Å²) in [6, 6.07) is 0. The van der Waals surface area contributed by atoms with E-state index in [1.165, 1.54) is 44.9 Å². The monoisotopic (exact) mass is 352 g/mol. The lowest BCUT2D eigenvalue weighted by molar-refractivity contribution is 0.164. The molecule has 0 amide bonds. The summed E-state index contributed by atoms with van der Waals surface area (Å²) in [5.41, 5.74) is 0.241. The van der Waals surface area contributed by atoms with Crippen molar-refractivity contribution in [2.45, 2.75) is 65.2 Å². The van der Waals surface area contributed by atoms with Gasteiger partial charge in [0, 0.05) is 11.1 Å². The first-order valence-corrected chi connectivity index (χ1v) is 10.7. The molecule has 1 saturated carbocycles. The molecule has 0 saturated heterocycles. The average Bonchev–Trinajstić information content (AvgIpc) is 2.44. The van der Waals surface area contributed by atoms with Crippen LogP contribution in [0.1, 0.15) is 65.2 Å². The van der Waals surface area contributed by atoms with Crippen LogP contribution in [0.15, 0.2) is 0 Å². The second kappa shape index (κ2) is 8.02. The Bertz CT molecular complexity index is 343. The van der Waals surface area contributed by atoms with Gasteiger partial charge in [-0.3, -0.25) is 0 Å². The van der Waals surface area contributed by atoms with Crippen molar-refractivity contribution in [2.24, 2.45) is 11.3 Å². The highest BCUT2D eigenvalue weighted by Crippen LogP contribution is 2.44. The minimum Gasteiger partial charge on any atom is -0.229 e. The normalized spacial score (nSPS) is 28.5. The molecule has 0 aromatic carbocycles. The van der Waals surface area contributed by atoms with Crippen LogP contribution in [0.25, 0.3) is 0 Å². The van der Waals surface area contributed by atoms with Gasteiger partial charge in [0.1, 0.15) is 9.84 Å². The molecule has 0 radical (unpaired) electrons. The van der Waals surface area contributed by atoms with Crippen LogP contribution in [0.3, 0.4) is 0 Å². The Balaban J connectivity index is 2.46. The lowest BCUT2D eigenvalue weighted by atomic mass is 9.69.